The minimum absolute atomic E-state index is 0. The Morgan fingerprint density at radius 3 is 2.61 bits per heavy atom. The van der Waals surface area contributed by atoms with Crippen LogP contribution < -0.4 is 15.8 Å². The van der Waals surface area contributed by atoms with Gasteiger partial charge in [-0.1, -0.05) is 18.2 Å². The van der Waals surface area contributed by atoms with Gasteiger partial charge in [-0.05, 0) is 44.7 Å². The van der Waals surface area contributed by atoms with E-state index in [0.717, 1.165) is 29.7 Å². The maximum absolute atomic E-state index is 12.1. The van der Waals surface area contributed by atoms with Crippen molar-refractivity contribution in [1.29, 1.82) is 0 Å². The zero-order valence-electron chi connectivity index (χ0n) is 14.0. The monoisotopic (exact) mass is 342 g/mol. The predicted molar refractivity (Wildman–Crippen MR) is 93.2 cm³/mol. The molecular formula is C17H27ClN2O3. The third-order valence-corrected chi connectivity index (χ3v) is 3.94. The van der Waals surface area contributed by atoms with Crippen molar-refractivity contribution in [1.82, 2.24) is 5.32 Å². The molecule has 0 saturated carbocycles. The number of para-hydroxylation sites is 1. The standard InChI is InChI=1S/C17H26N2O3.ClH/c1-11-5-4-6-12(2)16(11)21-10-13(3)19-17(20)15-8-7-14(9-18)22-15;/h4-6,13-15H,7-10,18H2,1-3H3,(H,19,20);1H/t13?,14-,15+;/m1./s1. The smallest absolute Gasteiger partial charge is 0.249 e. The maximum Gasteiger partial charge on any atom is 0.249 e. The average molecular weight is 343 g/mol. The molecule has 0 bridgehead atoms. The van der Waals surface area contributed by atoms with E-state index in [1.807, 2.05) is 39.0 Å². The first-order valence-electron chi connectivity index (χ1n) is 7.86. The van der Waals surface area contributed by atoms with Gasteiger partial charge < -0.3 is 20.5 Å². The summed E-state index contributed by atoms with van der Waals surface area (Å²) < 4.78 is 11.5. The highest BCUT2D eigenvalue weighted by atomic mass is 35.5. The quantitative estimate of drug-likeness (QED) is 0.830. The van der Waals surface area contributed by atoms with Crippen LogP contribution >= 0.6 is 12.4 Å². The highest BCUT2D eigenvalue weighted by Crippen LogP contribution is 2.22. The number of halogens is 1. The number of amides is 1. The second-order valence-corrected chi connectivity index (χ2v) is 6.00. The summed E-state index contributed by atoms with van der Waals surface area (Å²) in [6, 6.07) is 5.97. The number of rotatable bonds is 6. The van der Waals surface area contributed by atoms with E-state index >= 15 is 0 Å². The fourth-order valence-corrected chi connectivity index (χ4v) is 2.68. The minimum atomic E-state index is -0.379. The molecule has 1 heterocycles. The fraction of sp³-hybridized carbons (Fsp3) is 0.588. The first kappa shape index (κ1) is 19.7. The highest BCUT2D eigenvalue weighted by molar-refractivity contribution is 5.85. The number of hydrogen-bond acceptors (Lipinski definition) is 4. The number of hydrogen-bond donors (Lipinski definition) is 2. The maximum atomic E-state index is 12.1. The number of carbonyl (C=O) groups excluding carboxylic acids is 1. The molecule has 3 atom stereocenters. The number of aryl methyl sites for hydroxylation is 2. The predicted octanol–water partition coefficient (Wildman–Crippen LogP) is 2.12. The van der Waals surface area contributed by atoms with Gasteiger partial charge in [-0.15, -0.1) is 12.4 Å². The van der Waals surface area contributed by atoms with Crippen molar-refractivity contribution in [2.24, 2.45) is 5.73 Å². The molecule has 3 N–H and O–H groups in total. The largest absolute Gasteiger partial charge is 0.491 e. The van der Waals surface area contributed by atoms with Crippen LogP contribution in [0.15, 0.2) is 18.2 Å². The van der Waals surface area contributed by atoms with Crippen molar-refractivity contribution >= 4 is 18.3 Å². The Kier molecular flexibility index (Phi) is 7.82. The molecule has 23 heavy (non-hydrogen) atoms. The summed E-state index contributed by atoms with van der Waals surface area (Å²) in [6.07, 6.45) is 1.22. The first-order chi connectivity index (χ1) is 10.5. The van der Waals surface area contributed by atoms with Crippen molar-refractivity contribution in [3.8, 4) is 5.75 Å². The Labute approximate surface area is 144 Å². The topological polar surface area (TPSA) is 73.6 Å². The van der Waals surface area contributed by atoms with Crippen LogP contribution in [0.25, 0.3) is 0 Å². The molecule has 1 aliphatic heterocycles. The van der Waals surface area contributed by atoms with E-state index in [-0.39, 0.29) is 36.6 Å². The molecule has 2 rings (SSSR count). The van der Waals surface area contributed by atoms with Gasteiger partial charge >= 0.3 is 0 Å². The van der Waals surface area contributed by atoms with E-state index in [1.165, 1.54) is 0 Å². The van der Waals surface area contributed by atoms with Gasteiger partial charge in [0.15, 0.2) is 0 Å². The number of nitrogens with one attached hydrogen (secondary N) is 1. The number of carbonyl (C=O) groups is 1. The third kappa shape index (κ3) is 5.37. The highest BCUT2D eigenvalue weighted by Gasteiger charge is 2.30. The Morgan fingerprint density at radius 2 is 2.04 bits per heavy atom. The lowest BCUT2D eigenvalue weighted by Crippen LogP contribution is -2.43. The van der Waals surface area contributed by atoms with Gasteiger partial charge in [0.2, 0.25) is 5.91 Å². The van der Waals surface area contributed by atoms with E-state index < -0.39 is 0 Å². The van der Waals surface area contributed by atoms with Crippen molar-refractivity contribution in [2.75, 3.05) is 13.2 Å². The van der Waals surface area contributed by atoms with Crippen LogP contribution in [0.2, 0.25) is 0 Å². The molecule has 1 aromatic carbocycles. The SMILES string of the molecule is Cc1cccc(C)c1OCC(C)NC(=O)[C@@H]1CC[C@H](CN)O1.Cl. The van der Waals surface area contributed by atoms with Gasteiger partial charge in [-0.2, -0.15) is 0 Å². The summed E-state index contributed by atoms with van der Waals surface area (Å²) in [5.74, 6) is 0.817. The lowest BCUT2D eigenvalue weighted by molar-refractivity contribution is -0.132. The van der Waals surface area contributed by atoms with Crippen molar-refractivity contribution in [2.45, 2.75) is 51.9 Å². The van der Waals surface area contributed by atoms with Crippen LogP contribution in [0.1, 0.15) is 30.9 Å². The number of ether oxygens (including phenoxy) is 2. The zero-order valence-corrected chi connectivity index (χ0v) is 14.8. The summed E-state index contributed by atoms with van der Waals surface area (Å²) in [5, 5.41) is 2.95. The second kappa shape index (κ2) is 9.11. The lowest BCUT2D eigenvalue weighted by Gasteiger charge is -2.19. The molecule has 1 aromatic rings. The number of benzene rings is 1. The molecule has 0 radical (unpaired) electrons. The molecule has 1 saturated heterocycles. The van der Waals surface area contributed by atoms with Crippen LogP contribution in [0.3, 0.4) is 0 Å². The van der Waals surface area contributed by atoms with Gasteiger partial charge in [-0.3, -0.25) is 4.79 Å². The molecule has 6 heteroatoms. The average Bonchev–Trinajstić information content (AvgIpc) is 2.95. The normalized spacial score (nSPS) is 21.4. The lowest BCUT2D eigenvalue weighted by atomic mass is 10.1. The first-order valence-corrected chi connectivity index (χ1v) is 7.86. The molecule has 1 amide bonds. The van der Waals surface area contributed by atoms with E-state index in [4.69, 9.17) is 15.2 Å². The molecular weight excluding hydrogens is 316 g/mol. The van der Waals surface area contributed by atoms with E-state index in [0.29, 0.717) is 13.2 Å². The van der Waals surface area contributed by atoms with Crippen LogP contribution in [0, 0.1) is 13.8 Å². The van der Waals surface area contributed by atoms with Crippen LogP contribution in [0.5, 0.6) is 5.75 Å². The Bertz CT molecular complexity index is 504. The molecule has 130 valence electrons. The molecule has 0 spiro atoms. The summed E-state index contributed by atoms with van der Waals surface area (Å²) in [6.45, 7) is 6.87. The zero-order chi connectivity index (χ0) is 16.1. The van der Waals surface area contributed by atoms with Gasteiger partial charge in [-0.25, -0.2) is 0 Å². The van der Waals surface area contributed by atoms with E-state index in [2.05, 4.69) is 5.32 Å². The van der Waals surface area contributed by atoms with Crippen LogP contribution in [-0.2, 0) is 9.53 Å². The van der Waals surface area contributed by atoms with Crippen LogP contribution in [-0.4, -0.2) is 37.3 Å². The number of nitrogens with two attached hydrogens (primary N) is 1. The molecule has 1 aliphatic rings. The molecule has 0 aromatic heterocycles. The van der Waals surface area contributed by atoms with Gasteiger partial charge in [0, 0.05) is 6.54 Å². The summed E-state index contributed by atoms with van der Waals surface area (Å²) in [7, 11) is 0. The van der Waals surface area contributed by atoms with Crippen molar-refractivity contribution in [3.63, 3.8) is 0 Å². The fourth-order valence-electron chi connectivity index (χ4n) is 2.68. The molecule has 1 fully saturated rings. The Morgan fingerprint density at radius 1 is 1.39 bits per heavy atom. The third-order valence-electron chi connectivity index (χ3n) is 3.94. The summed E-state index contributed by atoms with van der Waals surface area (Å²) in [5.41, 5.74) is 7.76. The van der Waals surface area contributed by atoms with E-state index in [1.54, 1.807) is 0 Å². The van der Waals surface area contributed by atoms with Crippen molar-refractivity contribution in [3.05, 3.63) is 29.3 Å². The van der Waals surface area contributed by atoms with Crippen molar-refractivity contribution < 1.29 is 14.3 Å². The Hall–Kier alpha value is -1.30. The molecule has 0 aliphatic carbocycles. The molecule has 1 unspecified atom stereocenters. The van der Waals surface area contributed by atoms with Gasteiger partial charge in [0.25, 0.3) is 0 Å². The second-order valence-electron chi connectivity index (χ2n) is 6.00. The van der Waals surface area contributed by atoms with Crippen LogP contribution in [0.4, 0.5) is 0 Å². The van der Waals surface area contributed by atoms with E-state index in [9.17, 15) is 4.79 Å². The summed E-state index contributed by atoms with van der Waals surface area (Å²) >= 11 is 0. The van der Waals surface area contributed by atoms with Gasteiger partial charge in [0.05, 0.1) is 12.1 Å². The Balaban J connectivity index is 0.00000264. The van der Waals surface area contributed by atoms with Gasteiger partial charge in [0.1, 0.15) is 18.5 Å². The minimum Gasteiger partial charge on any atom is -0.491 e. The molecule has 5 nitrogen and oxygen atoms in total. The summed E-state index contributed by atoms with van der Waals surface area (Å²) in [4.78, 5) is 12.1.